The van der Waals surface area contributed by atoms with Gasteiger partial charge in [0.2, 0.25) is 5.91 Å². The maximum absolute atomic E-state index is 12.9. The van der Waals surface area contributed by atoms with Gasteiger partial charge in [-0.05, 0) is 42.3 Å². The number of carbonyl (C=O) groups excluding carboxylic acids is 3. The predicted octanol–water partition coefficient (Wildman–Crippen LogP) is 3.37. The van der Waals surface area contributed by atoms with Crippen LogP contribution in [0.3, 0.4) is 0 Å². The number of halogens is 3. The van der Waals surface area contributed by atoms with E-state index in [9.17, 15) is 23.2 Å². The zero-order valence-corrected chi connectivity index (χ0v) is 17.5. The molecule has 0 bridgehead atoms. The predicted molar refractivity (Wildman–Crippen MR) is 109 cm³/mol. The number of nitrogens with zero attached hydrogens (tertiary/aromatic N) is 2. The van der Waals surface area contributed by atoms with Gasteiger partial charge in [-0.15, -0.1) is 0 Å². The first kappa shape index (κ1) is 22.5. The van der Waals surface area contributed by atoms with Crippen molar-refractivity contribution in [3.8, 4) is 5.75 Å². The highest BCUT2D eigenvalue weighted by Crippen LogP contribution is 2.29. The molecule has 7 nitrogen and oxygen atoms in total. The monoisotopic (exact) mass is 451 g/mol. The van der Waals surface area contributed by atoms with Crippen molar-refractivity contribution in [1.82, 2.24) is 15.1 Å². The molecule has 4 amide bonds. The molecule has 2 aromatic carbocycles. The van der Waals surface area contributed by atoms with Crippen LogP contribution >= 0.6 is 11.6 Å². The number of benzene rings is 2. The Hall–Kier alpha value is -3.20. The van der Waals surface area contributed by atoms with E-state index in [1.165, 1.54) is 24.1 Å². The molecule has 0 radical (unpaired) electrons. The molecule has 10 heteroatoms. The second-order valence-electron chi connectivity index (χ2n) is 7.23. The number of likely N-dealkylation sites (N-methyl/N-ethyl adjacent to an activating group) is 1. The van der Waals surface area contributed by atoms with Gasteiger partial charge >= 0.3 is 12.6 Å². The number of amides is 4. The van der Waals surface area contributed by atoms with Gasteiger partial charge in [-0.3, -0.25) is 14.5 Å². The zero-order valence-electron chi connectivity index (χ0n) is 16.8. The fraction of sp³-hybridized carbons (Fsp3) is 0.286. The summed E-state index contributed by atoms with van der Waals surface area (Å²) in [5.74, 6) is -1.000. The summed E-state index contributed by atoms with van der Waals surface area (Å²) in [6, 6.07) is 11.7. The summed E-state index contributed by atoms with van der Waals surface area (Å²) in [5, 5.41) is 3.12. The molecule has 1 N–H and O–H groups in total. The van der Waals surface area contributed by atoms with E-state index >= 15 is 0 Å². The van der Waals surface area contributed by atoms with Crippen LogP contribution in [0, 0.1) is 0 Å². The lowest BCUT2D eigenvalue weighted by atomic mass is 9.92. The fourth-order valence-electron chi connectivity index (χ4n) is 3.21. The first-order valence-electron chi connectivity index (χ1n) is 9.28. The van der Waals surface area contributed by atoms with Crippen molar-refractivity contribution in [3.63, 3.8) is 0 Å². The van der Waals surface area contributed by atoms with E-state index in [2.05, 4.69) is 10.1 Å². The van der Waals surface area contributed by atoms with Crippen LogP contribution in [-0.4, -0.2) is 47.8 Å². The lowest BCUT2D eigenvalue weighted by molar-refractivity contribution is -0.138. The van der Waals surface area contributed by atoms with Crippen LogP contribution in [0.5, 0.6) is 5.75 Å². The molecule has 164 valence electrons. The summed E-state index contributed by atoms with van der Waals surface area (Å²) in [7, 11) is 1.52. The normalized spacial score (nSPS) is 18.3. The standard InChI is InChI=1S/C21H20ClF2N3O4/c1-21(14-5-7-15(22)8-6-14)18(29)27(20(30)25-21)12-17(28)26(2)11-13-3-9-16(10-4-13)31-19(23)24/h3-10,19H,11-12H2,1-2H3,(H,25,30). The van der Waals surface area contributed by atoms with Crippen molar-refractivity contribution < 1.29 is 27.9 Å². The van der Waals surface area contributed by atoms with Crippen molar-refractivity contribution in [2.75, 3.05) is 13.6 Å². The van der Waals surface area contributed by atoms with E-state index in [0.29, 0.717) is 16.1 Å². The average molecular weight is 452 g/mol. The maximum Gasteiger partial charge on any atom is 0.387 e. The number of rotatable bonds is 7. The van der Waals surface area contributed by atoms with Crippen LogP contribution in [0.1, 0.15) is 18.1 Å². The summed E-state index contributed by atoms with van der Waals surface area (Å²) in [5.41, 5.74) is -0.0912. The third-order valence-electron chi connectivity index (χ3n) is 4.98. The van der Waals surface area contributed by atoms with Gasteiger partial charge < -0.3 is 15.0 Å². The van der Waals surface area contributed by atoms with E-state index in [-0.39, 0.29) is 12.3 Å². The van der Waals surface area contributed by atoms with Crippen LogP contribution in [0.25, 0.3) is 0 Å². The quantitative estimate of drug-likeness (QED) is 0.655. The maximum atomic E-state index is 12.9. The number of ether oxygens (including phenoxy) is 1. The lowest BCUT2D eigenvalue weighted by Gasteiger charge is -2.23. The third kappa shape index (κ3) is 4.93. The van der Waals surface area contributed by atoms with Crippen molar-refractivity contribution in [2.24, 2.45) is 0 Å². The number of hydrogen-bond donors (Lipinski definition) is 1. The first-order chi connectivity index (χ1) is 14.6. The van der Waals surface area contributed by atoms with Crippen LogP contribution in [0.15, 0.2) is 48.5 Å². The lowest BCUT2D eigenvalue weighted by Crippen LogP contribution is -2.43. The number of nitrogens with one attached hydrogen (secondary N) is 1. The summed E-state index contributed by atoms with van der Waals surface area (Å²) >= 11 is 5.89. The average Bonchev–Trinajstić information content (AvgIpc) is 2.93. The summed E-state index contributed by atoms with van der Waals surface area (Å²) in [6.45, 7) is -1.63. The first-order valence-corrected chi connectivity index (χ1v) is 9.66. The Morgan fingerprint density at radius 3 is 2.35 bits per heavy atom. The summed E-state index contributed by atoms with van der Waals surface area (Å²) < 4.78 is 28.7. The van der Waals surface area contributed by atoms with E-state index < -0.39 is 36.5 Å². The van der Waals surface area contributed by atoms with Gasteiger partial charge in [0.1, 0.15) is 17.8 Å². The Balaban J connectivity index is 1.64. The van der Waals surface area contributed by atoms with Crippen molar-refractivity contribution >= 4 is 29.4 Å². The van der Waals surface area contributed by atoms with Gasteiger partial charge in [0.15, 0.2) is 0 Å². The van der Waals surface area contributed by atoms with Gasteiger partial charge in [0, 0.05) is 18.6 Å². The minimum Gasteiger partial charge on any atom is -0.435 e. The Labute approximate surface area is 182 Å². The molecule has 1 saturated heterocycles. The number of urea groups is 1. The smallest absolute Gasteiger partial charge is 0.387 e. The molecule has 0 spiro atoms. The zero-order chi connectivity index (χ0) is 22.8. The number of hydrogen-bond acceptors (Lipinski definition) is 4. The van der Waals surface area contributed by atoms with Gasteiger partial charge in [-0.25, -0.2) is 4.79 Å². The molecule has 0 saturated carbocycles. The third-order valence-corrected chi connectivity index (χ3v) is 5.24. The molecule has 3 rings (SSSR count). The summed E-state index contributed by atoms with van der Waals surface area (Å²) in [4.78, 5) is 40.1. The van der Waals surface area contributed by atoms with Crippen molar-refractivity contribution in [2.45, 2.75) is 25.6 Å². The molecule has 31 heavy (non-hydrogen) atoms. The van der Waals surface area contributed by atoms with Crippen LogP contribution in [-0.2, 0) is 21.7 Å². The van der Waals surface area contributed by atoms with E-state index in [1.807, 2.05) is 0 Å². The molecule has 0 aliphatic carbocycles. The molecule has 2 aromatic rings. The molecule has 1 atom stereocenters. The van der Waals surface area contributed by atoms with Crippen molar-refractivity contribution in [3.05, 3.63) is 64.7 Å². The molecule has 0 aromatic heterocycles. The minimum atomic E-state index is -2.92. The Bertz CT molecular complexity index is 985. The Morgan fingerprint density at radius 1 is 1.16 bits per heavy atom. The molecule has 1 heterocycles. The van der Waals surface area contributed by atoms with Gasteiger partial charge in [0.25, 0.3) is 5.91 Å². The molecule has 1 unspecified atom stereocenters. The molecule has 1 aliphatic heterocycles. The minimum absolute atomic E-state index is 0.00792. The van der Waals surface area contributed by atoms with E-state index in [1.54, 1.807) is 43.3 Å². The van der Waals surface area contributed by atoms with E-state index in [4.69, 9.17) is 11.6 Å². The fourth-order valence-corrected chi connectivity index (χ4v) is 3.34. The second-order valence-corrected chi connectivity index (χ2v) is 7.66. The molecular weight excluding hydrogens is 432 g/mol. The number of alkyl halides is 2. The van der Waals surface area contributed by atoms with Crippen LogP contribution in [0.2, 0.25) is 5.02 Å². The number of imide groups is 1. The molecule has 1 fully saturated rings. The highest BCUT2D eigenvalue weighted by atomic mass is 35.5. The topological polar surface area (TPSA) is 79.0 Å². The second kappa shape index (κ2) is 8.89. The summed E-state index contributed by atoms with van der Waals surface area (Å²) in [6.07, 6.45) is 0. The van der Waals surface area contributed by atoms with Gasteiger partial charge in [-0.1, -0.05) is 35.9 Å². The van der Waals surface area contributed by atoms with E-state index in [0.717, 1.165) is 4.90 Å². The SMILES string of the molecule is CN(Cc1ccc(OC(F)F)cc1)C(=O)CN1C(=O)NC(C)(c2ccc(Cl)cc2)C1=O. The Morgan fingerprint density at radius 2 is 1.77 bits per heavy atom. The van der Waals surface area contributed by atoms with Gasteiger partial charge in [-0.2, -0.15) is 8.78 Å². The largest absolute Gasteiger partial charge is 0.435 e. The van der Waals surface area contributed by atoms with Crippen LogP contribution < -0.4 is 10.1 Å². The molecular formula is C21H20ClF2N3O4. The van der Waals surface area contributed by atoms with Crippen LogP contribution in [0.4, 0.5) is 13.6 Å². The highest BCUT2D eigenvalue weighted by Gasteiger charge is 2.49. The molecule has 1 aliphatic rings. The Kier molecular flexibility index (Phi) is 6.45. The van der Waals surface area contributed by atoms with Gasteiger partial charge in [0.05, 0.1) is 0 Å². The highest BCUT2D eigenvalue weighted by molar-refractivity contribution is 6.30. The number of carbonyl (C=O) groups is 3. The van der Waals surface area contributed by atoms with Crippen molar-refractivity contribution in [1.29, 1.82) is 0 Å².